The maximum Gasteiger partial charge on any atom is 0.295 e. The van der Waals surface area contributed by atoms with Crippen LogP contribution >= 0.6 is 0 Å². The zero-order valence-electron chi connectivity index (χ0n) is 20.9. The third-order valence-corrected chi connectivity index (χ3v) is 6.80. The molecule has 0 spiro atoms. The number of carbonyl (C=O) groups is 2. The Hall–Kier alpha value is -4.33. The SMILES string of the molecule is CCN(CC)c1ccc(C2/C(=C(/O)c3ccc4c(c3)OCCO4)C(=O)C(=O)N2Cc2ccncc2)cc1. The number of ether oxygens (including phenoxy) is 2. The third kappa shape index (κ3) is 4.62. The standard InChI is InChI=1S/C29H29N3O5/c1-3-31(4-2)22-8-5-20(6-9-22)26-25(27(33)21-7-10-23-24(17-21)37-16-15-36-23)28(34)29(35)32(26)18-19-11-13-30-14-12-19/h5-14,17,26,33H,3-4,15-16,18H2,1-2H3/b27-25-. The van der Waals surface area contributed by atoms with Crippen molar-refractivity contribution >= 4 is 23.1 Å². The monoisotopic (exact) mass is 499 g/mol. The van der Waals surface area contributed by atoms with Crippen molar-refractivity contribution in [1.82, 2.24) is 9.88 Å². The highest BCUT2D eigenvalue weighted by atomic mass is 16.6. The first-order valence-corrected chi connectivity index (χ1v) is 12.4. The van der Waals surface area contributed by atoms with Gasteiger partial charge in [-0.15, -0.1) is 0 Å². The molecule has 1 atom stereocenters. The zero-order valence-corrected chi connectivity index (χ0v) is 20.9. The number of Topliss-reactive ketones (excluding diaryl/α,β-unsaturated/α-hetero) is 1. The minimum atomic E-state index is -0.757. The molecule has 1 unspecified atom stereocenters. The summed E-state index contributed by atoms with van der Waals surface area (Å²) in [7, 11) is 0. The summed E-state index contributed by atoms with van der Waals surface area (Å²) in [6.45, 7) is 6.95. The molecule has 190 valence electrons. The van der Waals surface area contributed by atoms with E-state index in [4.69, 9.17) is 9.47 Å². The van der Waals surface area contributed by atoms with E-state index in [0.717, 1.165) is 29.9 Å². The van der Waals surface area contributed by atoms with Gasteiger partial charge in [-0.3, -0.25) is 14.6 Å². The van der Waals surface area contributed by atoms with Crippen molar-refractivity contribution in [1.29, 1.82) is 0 Å². The summed E-state index contributed by atoms with van der Waals surface area (Å²) in [4.78, 5) is 34.4. The lowest BCUT2D eigenvalue weighted by molar-refractivity contribution is -0.140. The molecule has 2 aliphatic heterocycles. The fourth-order valence-electron chi connectivity index (χ4n) is 4.88. The summed E-state index contributed by atoms with van der Waals surface area (Å²) < 4.78 is 11.2. The Morgan fingerprint density at radius 1 is 0.973 bits per heavy atom. The molecule has 37 heavy (non-hydrogen) atoms. The first-order valence-electron chi connectivity index (χ1n) is 12.4. The zero-order chi connectivity index (χ0) is 25.9. The Labute approximate surface area is 215 Å². The lowest BCUT2D eigenvalue weighted by atomic mass is 9.94. The van der Waals surface area contributed by atoms with Gasteiger partial charge in [0.2, 0.25) is 0 Å². The molecule has 1 aromatic heterocycles. The molecule has 5 rings (SSSR count). The predicted octanol–water partition coefficient (Wildman–Crippen LogP) is 4.32. The van der Waals surface area contributed by atoms with Gasteiger partial charge in [-0.2, -0.15) is 0 Å². The lowest BCUT2D eigenvalue weighted by Gasteiger charge is -2.27. The molecule has 1 fully saturated rings. The number of carbonyl (C=O) groups excluding carboxylic acids is 2. The van der Waals surface area contributed by atoms with Gasteiger partial charge in [0.1, 0.15) is 19.0 Å². The van der Waals surface area contributed by atoms with Crippen LogP contribution in [0, 0.1) is 0 Å². The molecule has 0 aliphatic carbocycles. The normalized spacial score (nSPS) is 18.2. The third-order valence-electron chi connectivity index (χ3n) is 6.80. The van der Waals surface area contributed by atoms with Gasteiger partial charge in [0, 0.05) is 43.3 Å². The maximum atomic E-state index is 13.4. The first-order chi connectivity index (χ1) is 18.0. The van der Waals surface area contributed by atoms with Gasteiger partial charge in [0.05, 0.1) is 11.6 Å². The van der Waals surface area contributed by atoms with E-state index in [-0.39, 0.29) is 17.9 Å². The van der Waals surface area contributed by atoms with Crippen LogP contribution in [0.1, 0.15) is 36.6 Å². The summed E-state index contributed by atoms with van der Waals surface area (Å²) in [6, 6.07) is 15.7. The van der Waals surface area contributed by atoms with E-state index in [0.29, 0.717) is 30.3 Å². The molecule has 3 heterocycles. The first kappa shape index (κ1) is 24.4. The van der Waals surface area contributed by atoms with Gasteiger partial charge in [0.25, 0.3) is 11.7 Å². The van der Waals surface area contributed by atoms with E-state index < -0.39 is 17.7 Å². The van der Waals surface area contributed by atoms with Crippen LogP contribution in [0.2, 0.25) is 0 Å². The van der Waals surface area contributed by atoms with E-state index in [1.54, 1.807) is 42.7 Å². The Morgan fingerprint density at radius 3 is 2.32 bits per heavy atom. The summed E-state index contributed by atoms with van der Waals surface area (Å²) in [6.07, 6.45) is 3.30. The summed E-state index contributed by atoms with van der Waals surface area (Å²) in [5.41, 5.74) is 3.05. The molecule has 0 bridgehead atoms. The molecule has 2 aromatic carbocycles. The van der Waals surface area contributed by atoms with Gasteiger partial charge < -0.3 is 24.4 Å². The highest BCUT2D eigenvalue weighted by Gasteiger charge is 2.46. The van der Waals surface area contributed by atoms with E-state index >= 15 is 0 Å². The van der Waals surface area contributed by atoms with Crippen LogP contribution in [0.5, 0.6) is 11.5 Å². The lowest BCUT2D eigenvalue weighted by Crippen LogP contribution is -2.29. The van der Waals surface area contributed by atoms with E-state index in [1.165, 1.54) is 4.90 Å². The van der Waals surface area contributed by atoms with Crippen molar-refractivity contribution in [3.63, 3.8) is 0 Å². The highest BCUT2D eigenvalue weighted by Crippen LogP contribution is 2.42. The van der Waals surface area contributed by atoms with Crippen LogP contribution in [0.15, 0.2) is 72.6 Å². The number of hydrogen-bond donors (Lipinski definition) is 1. The topological polar surface area (TPSA) is 92.2 Å². The molecule has 2 aliphatic rings. The molecule has 1 saturated heterocycles. The van der Waals surface area contributed by atoms with E-state index in [2.05, 4.69) is 23.7 Å². The van der Waals surface area contributed by atoms with Gasteiger partial charge in [-0.1, -0.05) is 12.1 Å². The Bertz CT molecular complexity index is 1330. The van der Waals surface area contributed by atoms with Crippen LogP contribution in [0.25, 0.3) is 5.76 Å². The molecule has 0 radical (unpaired) electrons. The average molecular weight is 500 g/mol. The van der Waals surface area contributed by atoms with Gasteiger partial charge in [0.15, 0.2) is 11.5 Å². The Balaban J connectivity index is 1.61. The number of pyridine rings is 1. The van der Waals surface area contributed by atoms with Crippen molar-refractivity contribution in [2.45, 2.75) is 26.4 Å². The van der Waals surface area contributed by atoms with Gasteiger partial charge in [-0.25, -0.2) is 0 Å². The van der Waals surface area contributed by atoms with Crippen LogP contribution < -0.4 is 14.4 Å². The smallest absolute Gasteiger partial charge is 0.295 e. The molecule has 1 N–H and O–H groups in total. The summed E-state index contributed by atoms with van der Waals surface area (Å²) >= 11 is 0. The van der Waals surface area contributed by atoms with Crippen LogP contribution in [-0.4, -0.2) is 53.0 Å². The molecule has 1 amide bonds. The predicted molar refractivity (Wildman–Crippen MR) is 140 cm³/mol. The highest BCUT2D eigenvalue weighted by molar-refractivity contribution is 6.46. The van der Waals surface area contributed by atoms with Crippen molar-refractivity contribution in [3.05, 3.63) is 89.3 Å². The number of aliphatic hydroxyl groups excluding tert-OH is 1. The number of anilines is 1. The summed E-state index contributed by atoms with van der Waals surface area (Å²) in [5, 5.41) is 11.4. The average Bonchev–Trinajstić information content (AvgIpc) is 3.19. The molecular weight excluding hydrogens is 470 g/mol. The summed E-state index contributed by atoms with van der Waals surface area (Å²) in [5.74, 6) is -0.565. The molecule has 8 nitrogen and oxygen atoms in total. The van der Waals surface area contributed by atoms with Crippen molar-refractivity contribution in [3.8, 4) is 11.5 Å². The van der Waals surface area contributed by atoms with E-state index in [1.807, 2.05) is 24.3 Å². The Morgan fingerprint density at radius 2 is 1.65 bits per heavy atom. The quantitative estimate of drug-likeness (QED) is 0.294. The maximum absolute atomic E-state index is 13.4. The number of rotatable bonds is 7. The number of fused-ring (bicyclic) bond motifs is 1. The van der Waals surface area contributed by atoms with Crippen LogP contribution in [-0.2, 0) is 16.1 Å². The van der Waals surface area contributed by atoms with E-state index in [9.17, 15) is 14.7 Å². The van der Waals surface area contributed by atoms with Crippen LogP contribution in [0.4, 0.5) is 5.69 Å². The fourth-order valence-corrected chi connectivity index (χ4v) is 4.88. The minimum Gasteiger partial charge on any atom is -0.507 e. The number of aliphatic hydroxyl groups is 1. The van der Waals surface area contributed by atoms with Crippen LogP contribution in [0.3, 0.4) is 0 Å². The number of hydrogen-bond acceptors (Lipinski definition) is 7. The molecule has 8 heteroatoms. The number of likely N-dealkylation sites (tertiary alicyclic amines) is 1. The van der Waals surface area contributed by atoms with Gasteiger partial charge in [-0.05, 0) is 67.4 Å². The molecule has 0 saturated carbocycles. The number of nitrogens with zero attached hydrogens (tertiary/aromatic N) is 3. The van der Waals surface area contributed by atoms with Crippen molar-refractivity contribution in [2.75, 3.05) is 31.2 Å². The second-order valence-electron chi connectivity index (χ2n) is 8.90. The minimum absolute atomic E-state index is 0.0475. The van der Waals surface area contributed by atoms with Crippen molar-refractivity contribution < 1.29 is 24.2 Å². The van der Waals surface area contributed by atoms with Gasteiger partial charge >= 0.3 is 0 Å². The second-order valence-corrected chi connectivity index (χ2v) is 8.90. The van der Waals surface area contributed by atoms with Crippen molar-refractivity contribution in [2.24, 2.45) is 0 Å². The number of benzene rings is 2. The Kier molecular flexibility index (Phi) is 6.81. The number of aromatic nitrogens is 1. The number of amides is 1. The molecule has 3 aromatic rings. The number of ketones is 1. The second kappa shape index (κ2) is 10.3. The molecular formula is C29H29N3O5. The largest absolute Gasteiger partial charge is 0.507 e. The fraction of sp³-hybridized carbons (Fsp3) is 0.276.